The predicted molar refractivity (Wildman–Crippen MR) is 66.9 cm³/mol. The minimum atomic E-state index is 0.564. The summed E-state index contributed by atoms with van der Waals surface area (Å²) in [6.45, 7) is 0. The molecule has 1 aliphatic rings. The maximum absolute atomic E-state index is 6.12. The lowest BCUT2D eigenvalue weighted by Crippen LogP contribution is -1.99. The molecule has 0 unspecified atom stereocenters. The number of rotatable bonds is 3. The SMILES string of the molecule is COc1ccc(-c2ncn(C3CC3)c2N)cc1. The van der Waals surface area contributed by atoms with Crippen molar-refractivity contribution in [2.24, 2.45) is 0 Å². The van der Waals surface area contributed by atoms with E-state index in [0.29, 0.717) is 6.04 Å². The van der Waals surface area contributed by atoms with E-state index in [-0.39, 0.29) is 0 Å². The molecule has 0 bridgehead atoms. The zero-order valence-electron chi connectivity index (χ0n) is 9.76. The largest absolute Gasteiger partial charge is 0.497 e. The van der Waals surface area contributed by atoms with Gasteiger partial charge in [-0.3, -0.25) is 0 Å². The fourth-order valence-corrected chi connectivity index (χ4v) is 1.99. The molecule has 2 aromatic rings. The monoisotopic (exact) mass is 229 g/mol. The number of nitrogens with two attached hydrogens (primary N) is 1. The van der Waals surface area contributed by atoms with Crippen molar-refractivity contribution in [2.45, 2.75) is 18.9 Å². The quantitative estimate of drug-likeness (QED) is 0.879. The first-order valence-corrected chi connectivity index (χ1v) is 5.76. The summed E-state index contributed by atoms with van der Waals surface area (Å²) in [5, 5.41) is 0. The molecule has 0 saturated heterocycles. The van der Waals surface area contributed by atoms with E-state index in [4.69, 9.17) is 10.5 Å². The van der Waals surface area contributed by atoms with Crippen LogP contribution in [0.2, 0.25) is 0 Å². The number of ether oxygens (including phenoxy) is 1. The fraction of sp³-hybridized carbons (Fsp3) is 0.308. The first-order valence-electron chi connectivity index (χ1n) is 5.76. The summed E-state index contributed by atoms with van der Waals surface area (Å²) in [6, 6.07) is 8.37. The van der Waals surface area contributed by atoms with Crippen LogP contribution in [0.25, 0.3) is 11.3 Å². The first kappa shape index (κ1) is 10.2. The summed E-state index contributed by atoms with van der Waals surface area (Å²) in [4.78, 5) is 4.40. The van der Waals surface area contributed by atoms with Crippen molar-refractivity contribution in [1.82, 2.24) is 9.55 Å². The maximum Gasteiger partial charge on any atom is 0.131 e. The summed E-state index contributed by atoms with van der Waals surface area (Å²) in [5.41, 5.74) is 8.01. The molecule has 2 N–H and O–H groups in total. The van der Waals surface area contributed by atoms with Crippen molar-refractivity contribution in [3.05, 3.63) is 30.6 Å². The third-order valence-electron chi connectivity index (χ3n) is 3.14. The molecule has 17 heavy (non-hydrogen) atoms. The normalized spacial score (nSPS) is 14.9. The minimum Gasteiger partial charge on any atom is -0.497 e. The second-order valence-electron chi connectivity index (χ2n) is 4.35. The van der Waals surface area contributed by atoms with Crippen LogP contribution >= 0.6 is 0 Å². The van der Waals surface area contributed by atoms with E-state index in [1.54, 1.807) is 7.11 Å². The Bertz CT molecular complexity index is 526. The van der Waals surface area contributed by atoms with Crippen LogP contribution in [0.1, 0.15) is 18.9 Å². The molecule has 4 nitrogen and oxygen atoms in total. The van der Waals surface area contributed by atoms with Gasteiger partial charge >= 0.3 is 0 Å². The van der Waals surface area contributed by atoms with Gasteiger partial charge in [0, 0.05) is 11.6 Å². The summed E-state index contributed by atoms with van der Waals surface area (Å²) < 4.78 is 7.20. The molecule has 1 fully saturated rings. The van der Waals surface area contributed by atoms with E-state index < -0.39 is 0 Å². The van der Waals surface area contributed by atoms with Crippen molar-refractivity contribution in [1.29, 1.82) is 0 Å². The molecular formula is C13H15N3O. The Hall–Kier alpha value is -1.97. The van der Waals surface area contributed by atoms with E-state index in [0.717, 1.165) is 22.8 Å². The van der Waals surface area contributed by atoms with Crippen LogP contribution in [0.4, 0.5) is 5.82 Å². The topological polar surface area (TPSA) is 53.1 Å². The van der Waals surface area contributed by atoms with Gasteiger partial charge in [0.25, 0.3) is 0 Å². The van der Waals surface area contributed by atoms with E-state index in [9.17, 15) is 0 Å². The van der Waals surface area contributed by atoms with Crippen molar-refractivity contribution < 1.29 is 4.74 Å². The van der Waals surface area contributed by atoms with Crippen LogP contribution in [0.15, 0.2) is 30.6 Å². The van der Waals surface area contributed by atoms with Crippen LogP contribution in [0.3, 0.4) is 0 Å². The second-order valence-corrected chi connectivity index (χ2v) is 4.35. The standard InChI is InChI=1S/C13H15N3O/c1-17-11-6-2-9(3-7-11)12-13(14)16(8-15-12)10-4-5-10/h2-3,6-8,10H,4-5,14H2,1H3. The Morgan fingerprint density at radius 1 is 1.29 bits per heavy atom. The molecule has 88 valence electrons. The molecule has 1 aliphatic carbocycles. The predicted octanol–water partition coefficient (Wildman–Crippen LogP) is 2.48. The Balaban J connectivity index is 1.96. The molecule has 0 aliphatic heterocycles. The van der Waals surface area contributed by atoms with Crippen molar-refractivity contribution in [3.8, 4) is 17.0 Å². The van der Waals surface area contributed by atoms with Crippen molar-refractivity contribution in [3.63, 3.8) is 0 Å². The molecule has 0 radical (unpaired) electrons. The molecule has 0 amide bonds. The number of nitrogen functional groups attached to an aromatic ring is 1. The zero-order valence-corrected chi connectivity index (χ0v) is 9.76. The molecular weight excluding hydrogens is 214 g/mol. The molecule has 1 heterocycles. The molecule has 1 aromatic heterocycles. The highest BCUT2D eigenvalue weighted by Gasteiger charge is 2.26. The molecule has 3 rings (SSSR count). The van der Waals surface area contributed by atoms with Gasteiger partial charge in [0.2, 0.25) is 0 Å². The highest BCUT2D eigenvalue weighted by Crippen LogP contribution is 2.39. The van der Waals surface area contributed by atoms with Gasteiger partial charge in [0.05, 0.1) is 13.4 Å². The van der Waals surface area contributed by atoms with Crippen molar-refractivity contribution >= 4 is 5.82 Å². The van der Waals surface area contributed by atoms with Gasteiger partial charge < -0.3 is 15.0 Å². The van der Waals surface area contributed by atoms with Crippen LogP contribution < -0.4 is 10.5 Å². The number of aromatic nitrogens is 2. The highest BCUT2D eigenvalue weighted by molar-refractivity contribution is 5.71. The van der Waals surface area contributed by atoms with Crippen LogP contribution in [-0.2, 0) is 0 Å². The lowest BCUT2D eigenvalue weighted by atomic mass is 10.1. The van der Waals surface area contributed by atoms with Gasteiger partial charge in [-0.15, -0.1) is 0 Å². The van der Waals surface area contributed by atoms with Crippen LogP contribution in [0.5, 0.6) is 5.75 Å². The number of methoxy groups -OCH3 is 1. The molecule has 1 saturated carbocycles. The number of hydrogen-bond donors (Lipinski definition) is 1. The lowest BCUT2D eigenvalue weighted by molar-refractivity contribution is 0.415. The third-order valence-corrected chi connectivity index (χ3v) is 3.14. The fourth-order valence-electron chi connectivity index (χ4n) is 1.99. The van der Waals surface area contributed by atoms with E-state index >= 15 is 0 Å². The third kappa shape index (κ3) is 1.75. The summed E-state index contributed by atoms with van der Waals surface area (Å²) in [5.74, 6) is 1.60. The van der Waals surface area contributed by atoms with E-state index in [1.807, 2.05) is 30.6 Å². The lowest BCUT2D eigenvalue weighted by Gasteiger charge is -2.04. The maximum atomic E-state index is 6.12. The number of benzene rings is 1. The molecule has 0 spiro atoms. The van der Waals surface area contributed by atoms with Gasteiger partial charge in [-0.1, -0.05) is 0 Å². The van der Waals surface area contributed by atoms with Gasteiger partial charge in [-0.25, -0.2) is 4.98 Å². The summed E-state index contributed by atoms with van der Waals surface area (Å²) in [6.07, 6.45) is 4.26. The average Bonchev–Trinajstić information content (AvgIpc) is 3.13. The number of hydrogen-bond acceptors (Lipinski definition) is 3. The molecule has 4 heteroatoms. The Morgan fingerprint density at radius 3 is 2.59 bits per heavy atom. The number of nitrogens with zero attached hydrogens (tertiary/aromatic N) is 2. The Morgan fingerprint density at radius 2 is 2.00 bits per heavy atom. The smallest absolute Gasteiger partial charge is 0.131 e. The second kappa shape index (κ2) is 3.80. The average molecular weight is 229 g/mol. The van der Waals surface area contributed by atoms with Crippen molar-refractivity contribution in [2.75, 3.05) is 12.8 Å². The number of imidazole rings is 1. The highest BCUT2D eigenvalue weighted by atomic mass is 16.5. The van der Waals surface area contributed by atoms with Gasteiger partial charge in [-0.2, -0.15) is 0 Å². The summed E-state index contributed by atoms with van der Waals surface area (Å²) in [7, 11) is 1.66. The Kier molecular flexibility index (Phi) is 2.28. The molecule has 1 aromatic carbocycles. The van der Waals surface area contributed by atoms with E-state index in [2.05, 4.69) is 9.55 Å². The van der Waals surface area contributed by atoms with Gasteiger partial charge in [-0.05, 0) is 37.1 Å². The minimum absolute atomic E-state index is 0.564. The van der Waals surface area contributed by atoms with Gasteiger partial charge in [0.1, 0.15) is 17.3 Å². The number of anilines is 1. The van der Waals surface area contributed by atoms with Crippen LogP contribution in [-0.4, -0.2) is 16.7 Å². The zero-order chi connectivity index (χ0) is 11.8. The molecule has 0 atom stereocenters. The van der Waals surface area contributed by atoms with E-state index in [1.165, 1.54) is 12.8 Å². The summed E-state index contributed by atoms with van der Waals surface area (Å²) >= 11 is 0. The first-order chi connectivity index (χ1) is 8.29. The van der Waals surface area contributed by atoms with Gasteiger partial charge in [0.15, 0.2) is 0 Å². The van der Waals surface area contributed by atoms with Crippen LogP contribution in [0, 0.1) is 0 Å². The Labute approximate surface area is 100 Å².